The minimum atomic E-state index is -1.33. The van der Waals surface area contributed by atoms with Crippen LogP contribution < -0.4 is 5.32 Å². The number of ether oxygens (including phenoxy) is 1. The van der Waals surface area contributed by atoms with Crippen LogP contribution >= 0.6 is 0 Å². The highest BCUT2D eigenvalue weighted by Crippen LogP contribution is 2.23. The van der Waals surface area contributed by atoms with E-state index in [2.05, 4.69) is 5.32 Å². The van der Waals surface area contributed by atoms with Crippen molar-refractivity contribution in [3.8, 4) is 6.07 Å². The number of hydrogen-bond acceptors (Lipinski definition) is 4. The lowest BCUT2D eigenvalue weighted by Crippen LogP contribution is -2.64. The fourth-order valence-electron chi connectivity index (χ4n) is 1.96. The average molecular weight is 299 g/mol. The molecule has 6 nitrogen and oxygen atoms in total. The Morgan fingerprint density at radius 1 is 1.43 bits per heavy atom. The molecule has 0 spiro atoms. The summed E-state index contributed by atoms with van der Waals surface area (Å²) in [4.78, 5) is 25.2. The SMILES string of the molecule is CC(C)[C@H](NC(=O)OC(C)(C)C)C(=O)N1CC(F)C1C#N. The Morgan fingerprint density at radius 3 is 2.38 bits per heavy atom. The molecule has 21 heavy (non-hydrogen) atoms. The first-order valence-electron chi connectivity index (χ1n) is 6.90. The molecule has 1 heterocycles. The number of hydrogen-bond donors (Lipinski definition) is 1. The van der Waals surface area contributed by atoms with E-state index in [9.17, 15) is 14.0 Å². The number of alkyl carbamates (subject to hydrolysis) is 1. The first-order valence-corrected chi connectivity index (χ1v) is 6.90. The quantitative estimate of drug-likeness (QED) is 0.858. The van der Waals surface area contributed by atoms with E-state index in [-0.39, 0.29) is 12.5 Å². The van der Waals surface area contributed by atoms with Gasteiger partial charge in [-0.1, -0.05) is 13.8 Å². The van der Waals surface area contributed by atoms with Gasteiger partial charge in [0.25, 0.3) is 0 Å². The van der Waals surface area contributed by atoms with Crippen LogP contribution in [0.25, 0.3) is 0 Å². The zero-order chi connectivity index (χ0) is 16.4. The third-order valence-electron chi connectivity index (χ3n) is 3.07. The Kier molecular flexibility index (Phi) is 5.15. The van der Waals surface area contributed by atoms with E-state index in [4.69, 9.17) is 10.00 Å². The van der Waals surface area contributed by atoms with Gasteiger partial charge in [0.2, 0.25) is 5.91 Å². The third-order valence-corrected chi connectivity index (χ3v) is 3.07. The number of rotatable bonds is 3. The van der Waals surface area contributed by atoms with Crippen LogP contribution in [0.1, 0.15) is 34.6 Å². The van der Waals surface area contributed by atoms with Crippen molar-refractivity contribution in [1.82, 2.24) is 10.2 Å². The molecule has 0 aromatic carbocycles. The molecule has 0 aliphatic carbocycles. The van der Waals surface area contributed by atoms with Crippen LogP contribution in [0, 0.1) is 17.2 Å². The topological polar surface area (TPSA) is 82.4 Å². The van der Waals surface area contributed by atoms with Crippen LogP contribution in [0.4, 0.5) is 9.18 Å². The van der Waals surface area contributed by atoms with Gasteiger partial charge in [0.15, 0.2) is 12.2 Å². The summed E-state index contributed by atoms with van der Waals surface area (Å²) in [6.07, 6.45) is -2.03. The van der Waals surface area contributed by atoms with Crippen LogP contribution in [0.5, 0.6) is 0 Å². The van der Waals surface area contributed by atoms with Gasteiger partial charge in [-0.05, 0) is 26.7 Å². The van der Waals surface area contributed by atoms with E-state index in [1.54, 1.807) is 40.7 Å². The number of nitrogens with zero attached hydrogens (tertiary/aromatic N) is 2. The highest BCUT2D eigenvalue weighted by atomic mass is 19.1. The van der Waals surface area contributed by atoms with E-state index in [0.717, 1.165) is 4.90 Å². The molecule has 0 aromatic heterocycles. The second kappa shape index (κ2) is 6.29. The molecule has 1 fully saturated rings. The lowest BCUT2D eigenvalue weighted by Gasteiger charge is -2.42. The second-order valence-electron chi connectivity index (χ2n) is 6.45. The van der Waals surface area contributed by atoms with Gasteiger partial charge in [-0.15, -0.1) is 0 Å². The molecule has 0 radical (unpaired) electrons. The van der Waals surface area contributed by atoms with Gasteiger partial charge in [-0.2, -0.15) is 5.26 Å². The van der Waals surface area contributed by atoms with Gasteiger partial charge in [0, 0.05) is 0 Å². The molecular weight excluding hydrogens is 277 g/mol. The minimum absolute atomic E-state index is 0.115. The summed E-state index contributed by atoms with van der Waals surface area (Å²) < 4.78 is 18.3. The number of carbonyl (C=O) groups excluding carboxylic acids is 2. The van der Waals surface area contributed by atoms with Crippen LogP contribution in [0.15, 0.2) is 0 Å². The molecule has 0 bridgehead atoms. The van der Waals surface area contributed by atoms with Gasteiger partial charge < -0.3 is 15.0 Å². The monoisotopic (exact) mass is 299 g/mol. The Balaban J connectivity index is 2.72. The molecule has 7 heteroatoms. The standard InChI is InChI=1S/C14H22FN3O3/c1-8(2)11(17-13(20)21-14(3,4)5)12(19)18-7-9(15)10(18)6-16/h8-11H,7H2,1-5H3,(H,17,20)/t9?,10?,11-/m0/s1. The van der Waals surface area contributed by atoms with E-state index >= 15 is 0 Å². The van der Waals surface area contributed by atoms with Crippen molar-refractivity contribution >= 4 is 12.0 Å². The first-order chi connectivity index (χ1) is 9.56. The van der Waals surface area contributed by atoms with Crippen LogP contribution in [-0.4, -0.2) is 47.3 Å². The van der Waals surface area contributed by atoms with Crippen molar-refractivity contribution in [3.63, 3.8) is 0 Å². The van der Waals surface area contributed by atoms with E-state index in [1.165, 1.54) is 0 Å². The second-order valence-corrected chi connectivity index (χ2v) is 6.45. The molecule has 2 unspecified atom stereocenters. The van der Waals surface area contributed by atoms with E-state index in [1.807, 2.05) is 0 Å². The fraction of sp³-hybridized carbons (Fsp3) is 0.786. The van der Waals surface area contributed by atoms with Crippen molar-refractivity contribution in [3.05, 3.63) is 0 Å². The molecule has 2 amide bonds. The normalized spacial score (nSPS) is 23.0. The Bertz CT molecular complexity index is 453. The molecule has 1 N–H and O–H groups in total. The van der Waals surface area contributed by atoms with Gasteiger partial charge >= 0.3 is 6.09 Å². The number of carbonyl (C=O) groups is 2. The van der Waals surface area contributed by atoms with E-state index < -0.39 is 35.9 Å². The maximum absolute atomic E-state index is 13.2. The highest BCUT2D eigenvalue weighted by molar-refractivity contribution is 5.87. The van der Waals surface area contributed by atoms with Crippen molar-refractivity contribution in [2.24, 2.45) is 5.92 Å². The maximum Gasteiger partial charge on any atom is 0.408 e. The summed E-state index contributed by atoms with van der Waals surface area (Å²) in [5.41, 5.74) is -0.676. The average Bonchev–Trinajstić information content (AvgIpc) is 2.30. The predicted molar refractivity (Wildman–Crippen MR) is 74.0 cm³/mol. The molecule has 118 valence electrons. The third kappa shape index (κ3) is 4.31. The molecule has 0 saturated carbocycles. The summed E-state index contributed by atoms with van der Waals surface area (Å²) in [7, 11) is 0. The zero-order valence-corrected chi connectivity index (χ0v) is 13.0. The fourth-order valence-corrected chi connectivity index (χ4v) is 1.96. The van der Waals surface area contributed by atoms with Crippen LogP contribution in [0.3, 0.4) is 0 Å². The molecule has 3 atom stereocenters. The van der Waals surface area contributed by atoms with Crippen molar-refractivity contribution < 1.29 is 18.7 Å². The lowest BCUT2D eigenvalue weighted by atomic mass is 9.96. The zero-order valence-electron chi connectivity index (χ0n) is 13.0. The van der Waals surface area contributed by atoms with Crippen molar-refractivity contribution in [2.45, 2.75) is 58.5 Å². The van der Waals surface area contributed by atoms with Crippen LogP contribution in [0.2, 0.25) is 0 Å². The molecule has 1 rings (SSSR count). The smallest absolute Gasteiger partial charge is 0.408 e. The number of halogens is 1. The summed E-state index contributed by atoms with van der Waals surface area (Å²) >= 11 is 0. The van der Waals surface area contributed by atoms with Gasteiger partial charge in [-0.25, -0.2) is 9.18 Å². The Hall–Kier alpha value is -1.84. The highest BCUT2D eigenvalue weighted by Gasteiger charge is 2.45. The van der Waals surface area contributed by atoms with Crippen LogP contribution in [-0.2, 0) is 9.53 Å². The number of alkyl halides is 1. The number of amides is 2. The van der Waals surface area contributed by atoms with Gasteiger partial charge in [-0.3, -0.25) is 4.79 Å². The molecule has 1 saturated heterocycles. The van der Waals surface area contributed by atoms with E-state index in [0.29, 0.717) is 0 Å². The largest absolute Gasteiger partial charge is 0.444 e. The number of nitriles is 1. The number of likely N-dealkylation sites (tertiary alicyclic amines) is 1. The molecule has 1 aliphatic rings. The first kappa shape index (κ1) is 17.2. The molecular formula is C14H22FN3O3. The van der Waals surface area contributed by atoms with Crippen molar-refractivity contribution in [2.75, 3.05) is 6.54 Å². The lowest BCUT2D eigenvalue weighted by molar-refractivity contribution is -0.145. The molecule has 1 aliphatic heterocycles. The summed E-state index contributed by atoms with van der Waals surface area (Å²) in [5, 5.41) is 11.3. The summed E-state index contributed by atoms with van der Waals surface area (Å²) in [6, 6.07) is -0.161. The minimum Gasteiger partial charge on any atom is -0.444 e. The van der Waals surface area contributed by atoms with Gasteiger partial charge in [0.1, 0.15) is 11.6 Å². The maximum atomic E-state index is 13.2. The summed E-state index contributed by atoms with van der Waals surface area (Å²) in [6.45, 7) is 8.55. The molecule has 0 aromatic rings. The predicted octanol–water partition coefficient (Wildman–Crippen LogP) is 1.61. The number of nitrogens with one attached hydrogen (secondary N) is 1. The Morgan fingerprint density at radius 2 is 2.00 bits per heavy atom. The summed E-state index contributed by atoms with van der Waals surface area (Å²) in [5.74, 6) is -0.667. The van der Waals surface area contributed by atoms with Gasteiger partial charge in [0.05, 0.1) is 12.6 Å². The van der Waals surface area contributed by atoms with Crippen molar-refractivity contribution in [1.29, 1.82) is 5.26 Å². The Labute approximate surface area is 124 Å².